The lowest BCUT2D eigenvalue weighted by Gasteiger charge is -2.21. The van der Waals surface area contributed by atoms with E-state index in [0.717, 1.165) is 5.56 Å². The van der Waals surface area contributed by atoms with E-state index in [4.69, 9.17) is 14.2 Å². The van der Waals surface area contributed by atoms with Crippen molar-refractivity contribution in [1.82, 2.24) is 5.32 Å². The Hall–Kier alpha value is -1.46. The first-order valence-electron chi connectivity index (χ1n) is 6.45. The van der Waals surface area contributed by atoms with E-state index in [2.05, 4.69) is 5.32 Å². The standard InChI is InChI=1S/C14H21NO4/c1-4-14(2,16)8-15-7-10-5-11(17-3)13-12(6-10)18-9-19-13/h5-6,15-16H,4,7-9H2,1-3H3. The van der Waals surface area contributed by atoms with Gasteiger partial charge >= 0.3 is 0 Å². The molecule has 0 bridgehead atoms. The third-order valence-corrected chi connectivity index (χ3v) is 3.31. The Morgan fingerprint density at radius 2 is 2.21 bits per heavy atom. The summed E-state index contributed by atoms with van der Waals surface area (Å²) in [5.74, 6) is 2.04. The molecule has 1 aliphatic rings. The van der Waals surface area contributed by atoms with Crippen LogP contribution in [-0.2, 0) is 6.54 Å². The molecular weight excluding hydrogens is 246 g/mol. The third-order valence-electron chi connectivity index (χ3n) is 3.31. The summed E-state index contributed by atoms with van der Waals surface area (Å²) >= 11 is 0. The van der Waals surface area contributed by atoms with Crippen molar-refractivity contribution in [2.24, 2.45) is 0 Å². The highest BCUT2D eigenvalue weighted by Gasteiger charge is 2.21. The largest absolute Gasteiger partial charge is 0.493 e. The molecule has 1 heterocycles. The summed E-state index contributed by atoms with van der Waals surface area (Å²) in [6, 6.07) is 3.85. The molecule has 2 rings (SSSR count). The Morgan fingerprint density at radius 1 is 1.42 bits per heavy atom. The van der Waals surface area contributed by atoms with Crippen molar-refractivity contribution in [3.8, 4) is 17.2 Å². The quantitative estimate of drug-likeness (QED) is 0.821. The third kappa shape index (κ3) is 3.30. The van der Waals surface area contributed by atoms with Crippen molar-refractivity contribution in [2.45, 2.75) is 32.4 Å². The molecule has 1 aromatic rings. The molecule has 1 aliphatic heterocycles. The summed E-state index contributed by atoms with van der Waals surface area (Å²) in [6.45, 7) is 5.20. The molecule has 0 saturated heterocycles. The molecule has 2 N–H and O–H groups in total. The van der Waals surface area contributed by atoms with Crippen LogP contribution in [0.15, 0.2) is 12.1 Å². The van der Waals surface area contributed by atoms with Crippen LogP contribution >= 0.6 is 0 Å². The minimum absolute atomic E-state index is 0.229. The van der Waals surface area contributed by atoms with Crippen LogP contribution in [0.2, 0.25) is 0 Å². The van der Waals surface area contributed by atoms with E-state index < -0.39 is 5.60 Å². The normalized spacial score (nSPS) is 16.2. The molecule has 0 aliphatic carbocycles. The number of rotatable bonds is 6. The minimum atomic E-state index is -0.680. The van der Waals surface area contributed by atoms with Crippen LogP contribution in [0.3, 0.4) is 0 Å². The van der Waals surface area contributed by atoms with E-state index in [1.54, 1.807) is 7.11 Å². The van der Waals surface area contributed by atoms with E-state index in [1.807, 2.05) is 26.0 Å². The summed E-state index contributed by atoms with van der Waals surface area (Å²) in [6.07, 6.45) is 0.713. The number of benzene rings is 1. The molecule has 5 heteroatoms. The highest BCUT2D eigenvalue weighted by Crippen LogP contribution is 2.41. The Labute approximate surface area is 113 Å². The number of hydrogen-bond donors (Lipinski definition) is 2. The van der Waals surface area contributed by atoms with Gasteiger partial charge in [-0.2, -0.15) is 0 Å². The van der Waals surface area contributed by atoms with Crippen LogP contribution in [-0.4, -0.2) is 31.2 Å². The number of nitrogens with one attached hydrogen (secondary N) is 1. The van der Waals surface area contributed by atoms with Crippen molar-refractivity contribution in [3.63, 3.8) is 0 Å². The monoisotopic (exact) mass is 267 g/mol. The van der Waals surface area contributed by atoms with Gasteiger partial charge in [-0.3, -0.25) is 0 Å². The SMILES string of the molecule is CCC(C)(O)CNCc1cc(OC)c2c(c1)OCO2. The van der Waals surface area contributed by atoms with Gasteiger partial charge in [-0.25, -0.2) is 0 Å². The molecule has 0 saturated carbocycles. The maximum atomic E-state index is 9.92. The summed E-state index contributed by atoms with van der Waals surface area (Å²) in [5.41, 5.74) is 0.355. The molecule has 0 fully saturated rings. The fraction of sp³-hybridized carbons (Fsp3) is 0.571. The zero-order valence-electron chi connectivity index (χ0n) is 11.7. The van der Waals surface area contributed by atoms with Gasteiger partial charge in [0, 0.05) is 13.1 Å². The predicted molar refractivity (Wildman–Crippen MR) is 71.7 cm³/mol. The average Bonchev–Trinajstić information content (AvgIpc) is 2.85. The zero-order chi connectivity index (χ0) is 13.9. The topological polar surface area (TPSA) is 60.0 Å². The van der Waals surface area contributed by atoms with Crippen LogP contribution in [0.5, 0.6) is 17.2 Å². The molecule has 1 atom stereocenters. The van der Waals surface area contributed by atoms with Gasteiger partial charge in [-0.15, -0.1) is 0 Å². The molecule has 0 radical (unpaired) electrons. The van der Waals surface area contributed by atoms with Gasteiger partial charge < -0.3 is 24.6 Å². The van der Waals surface area contributed by atoms with Crippen LogP contribution in [0, 0.1) is 0 Å². The number of aliphatic hydroxyl groups is 1. The summed E-state index contributed by atoms with van der Waals surface area (Å²) in [5, 5.41) is 13.2. The van der Waals surface area contributed by atoms with Crippen molar-refractivity contribution < 1.29 is 19.3 Å². The van der Waals surface area contributed by atoms with E-state index in [0.29, 0.717) is 36.8 Å². The first-order chi connectivity index (χ1) is 9.05. The lowest BCUT2D eigenvalue weighted by Crippen LogP contribution is -2.36. The second kappa shape index (κ2) is 5.67. The highest BCUT2D eigenvalue weighted by molar-refractivity contribution is 5.55. The predicted octanol–water partition coefficient (Wildman–Crippen LogP) is 1.67. The highest BCUT2D eigenvalue weighted by atomic mass is 16.7. The van der Waals surface area contributed by atoms with E-state index in [1.165, 1.54) is 0 Å². The van der Waals surface area contributed by atoms with E-state index >= 15 is 0 Å². The molecule has 106 valence electrons. The van der Waals surface area contributed by atoms with Crippen molar-refractivity contribution in [3.05, 3.63) is 17.7 Å². The maximum absolute atomic E-state index is 9.92. The average molecular weight is 267 g/mol. The second-order valence-corrected chi connectivity index (χ2v) is 4.99. The summed E-state index contributed by atoms with van der Waals surface area (Å²) in [4.78, 5) is 0. The van der Waals surface area contributed by atoms with Crippen LogP contribution in [0.25, 0.3) is 0 Å². The number of hydrogen-bond acceptors (Lipinski definition) is 5. The van der Waals surface area contributed by atoms with Gasteiger partial charge in [0.15, 0.2) is 11.5 Å². The Bertz CT molecular complexity index is 445. The molecule has 1 aromatic carbocycles. The van der Waals surface area contributed by atoms with Gasteiger partial charge in [0.05, 0.1) is 12.7 Å². The maximum Gasteiger partial charge on any atom is 0.231 e. The van der Waals surface area contributed by atoms with Crippen LogP contribution in [0.4, 0.5) is 0 Å². The molecule has 0 aromatic heterocycles. The second-order valence-electron chi connectivity index (χ2n) is 4.99. The zero-order valence-corrected chi connectivity index (χ0v) is 11.7. The Balaban J connectivity index is 2.02. The van der Waals surface area contributed by atoms with E-state index in [-0.39, 0.29) is 6.79 Å². The van der Waals surface area contributed by atoms with Crippen LogP contribution in [0.1, 0.15) is 25.8 Å². The smallest absolute Gasteiger partial charge is 0.231 e. The Kier molecular flexibility index (Phi) is 4.17. The molecular formula is C14H21NO4. The number of fused-ring (bicyclic) bond motifs is 1. The number of methoxy groups -OCH3 is 1. The summed E-state index contributed by atoms with van der Waals surface area (Å²) in [7, 11) is 1.61. The van der Waals surface area contributed by atoms with Crippen molar-refractivity contribution >= 4 is 0 Å². The minimum Gasteiger partial charge on any atom is -0.493 e. The number of ether oxygens (including phenoxy) is 3. The first-order valence-corrected chi connectivity index (χ1v) is 6.45. The molecule has 0 spiro atoms. The first kappa shape index (κ1) is 14.0. The Morgan fingerprint density at radius 3 is 2.89 bits per heavy atom. The van der Waals surface area contributed by atoms with Gasteiger partial charge in [0.2, 0.25) is 12.5 Å². The fourth-order valence-corrected chi connectivity index (χ4v) is 1.89. The summed E-state index contributed by atoms with van der Waals surface area (Å²) < 4.78 is 16.0. The van der Waals surface area contributed by atoms with Crippen molar-refractivity contribution in [2.75, 3.05) is 20.4 Å². The van der Waals surface area contributed by atoms with Crippen LogP contribution < -0.4 is 19.5 Å². The van der Waals surface area contributed by atoms with Gasteiger partial charge in [-0.1, -0.05) is 6.92 Å². The fourth-order valence-electron chi connectivity index (χ4n) is 1.89. The molecule has 19 heavy (non-hydrogen) atoms. The lowest BCUT2D eigenvalue weighted by atomic mass is 10.0. The molecule has 5 nitrogen and oxygen atoms in total. The lowest BCUT2D eigenvalue weighted by molar-refractivity contribution is 0.0555. The molecule has 1 unspecified atom stereocenters. The molecule has 0 amide bonds. The van der Waals surface area contributed by atoms with Gasteiger partial charge in [0.1, 0.15) is 0 Å². The van der Waals surface area contributed by atoms with Gasteiger partial charge in [0.25, 0.3) is 0 Å². The van der Waals surface area contributed by atoms with Crippen molar-refractivity contribution in [1.29, 1.82) is 0 Å². The van der Waals surface area contributed by atoms with E-state index in [9.17, 15) is 5.11 Å². The van der Waals surface area contributed by atoms with Gasteiger partial charge in [-0.05, 0) is 31.0 Å².